The average molecular weight is 254 g/mol. The van der Waals surface area contributed by atoms with Gasteiger partial charge in [0.25, 0.3) is 0 Å². The summed E-state index contributed by atoms with van der Waals surface area (Å²) in [5.41, 5.74) is -0.236. The van der Waals surface area contributed by atoms with E-state index in [1.165, 1.54) is 19.3 Å². The Kier molecular flexibility index (Phi) is 3.38. The van der Waals surface area contributed by atoms with E-state index in [1.54, 1.807) is 25.2 Å². The Morgan fingerprint density at radius 1 is 1.41 bits per heavy atom. The van der Waals surface area contributed by atoms with Gasteiger partial charge in [-0.25, -0.2) is 4.98 Å². The van der Waals surface area contributed by atoms with Crippen molar-refractivity contribution in [2.24, 2.45) is 0 Å². The summed E-state index contributed by atoms with van der Waals surface area (Å²) >= 11 is 1.55. The number of nitrogens with zero attached hydrogens (tertiary/aromatic N) is 2. The average Bonchev–Trinajstić information content (AvgIpc) is 2.80. The van der Waals surface area contributed by atoms with Gasteiger partial charge in [-0.05, 0) is 33.1 Å². The van der Waals surface area contributed by atoms with Crippen LogP contribution >= 0.6 is 11.3 Å². The van der Waals surface area contributed by atoms with Crippen LogP contribution in [0.25, 0.3) is 0 Å². The maximum Gasteiger partial charge on any atom is 0.315 e. The Labute approximate surface area is 105 Å². The summed E-state index contributed by atoms with van der Waals surface area (Å²) in [7, 11) is 0. The SMILES string of the molecule is CC(C)(C(=O)O)c1csc(N2CCCCC2)n1. The fourth-order valence-electron chi connectivity index (χ4n) is 1.89. The number of aromatic nitrogens is 1. The van der Waals surface area contributed by atoms with Crippen molar-refractivity contribution in [2.75, 3.05) is 18.0 Å². The topological polar surface area (TPSA) is 53.4 Å². The highest BCUT2D eigenvalue weighted by molar-refractivity contribution is 7.13. The van der Waals surface area contributed by atoms with Crippen LogP contribution < -0.4 is 4.90 Å². The Morgan fingerprint density at radius 2 is 2.06 bits per heavy atom. The molecule has 0 atom stereocenters. The van der Waals surface area contributed by atoms with Crippen LogP contribution in [0.5, 0.6) is 0 Å². The number of carboxylic acids is 1. The summed E-state index contributed by atoms with van der Waals surface area (Å²) in [6.07, 6.45) is 3.70. The molecule has 0 aromatic carbocycles. The number of hydrogen-bond donors (Lipinski definition) is 1. The number of carbonyl (C=O) groups is 1. The van der Waals surface area contributed by atoms with Crippen LogP contribution in [0.4, 0.5) is 5.13 Å². The molecule has 94 valence electrons. The van der Waals surface area contributed by atoms with Crippen molar-refractivity contribution in [3.63, 3.8) is 0 Å². The van der Waals surface area contributed by atoms with E-state index >= 15 is 0 Å². The molecule has 0 bridgehead atoms. The molecule has 0 unspecified atom stereocenters. The number of hydrogen-bond acceptors (Lipinski definition) is 4. The molecule has 0 radical (unpaired) electrons. The van der Waals surface area contributed by atoms with E-state index < -0.39 is 11.4 Å². The van der Waals surface area contributed by atoms with Gasteiger partial charge in [-0.2, -0.15) is 0 Å². The smallest absolute Gasteiger partial charge is 0.315 e. The molecule has 1 aromatic heterocycles. The molecule has 1 aliphatic rings. The van der Waals surface area contributed by atoms with Gasteiger partial charge in [0.2, 0.25) is 0 Å². The third kappa shape index (κ3) is 2.44. The molecule has 0 aliphatic carbocycles. The molecular weight excluding hydrogens is 236 g/mol. The van der Waals surface area contributed by atoms with E-state index in [1.807, 2.05) is 5.38 Å². The van der Waals surface area contributed by atoms with E-state index in [0.29, 0.717) is 5.69 Å². The van der Waals surface area contributed by atoms with Crippen LogP contribution in [-0.4, -0.2) is 29.1 Å². The number of aliphatic carboxylic acids is 1. The van der Waals surface area contributed by atoms with Crippen molar-refractivity contribution in [3.05, 3.63) is 11.1 Å². The van der Waals surface area contributed by atoms with Crippen molar-refractivity contribution in [2.45, 2.75) is 38.5 Å². The van der Waals surface area contributed by atoms with Crippen molar-refractivity contribution in [3.8, 4) is 0 Å². The first kappa shape index (κ1) is 12.4. The first-order valence-corrected chi connectivity index (χ1v) is 6.84. The standard InChI is InChI=1S/C12H18N2O2S/c1-12(2,10(15)16)9-8-17-11(13-9)14-6-4-3-5-7-14/h8H,3-7H2,1-2H3,(H,15,16). The molecule has 1 N–H and O–H groups in total. The van der Waals surface area contributed by atoms with Gasteiger partial charge in [0.15, 0.2) is 5.13 Å². The lowest BCUT2D eigenvalue weighted by atomic mass is 9.90. The van der Waals surface area contributed by atoms with E-state index in [0.717, 1.165) is 18.2 Å². The molecule has 5 heteroatoms. The van der Waals surface area contributed by atoms with Gasteiger partial charge in [0.05, 0.1) is 5.69 Å². The fourth-order valence-corrected chi connectivity index (χ4v) is 2.94. The minimum atomic E-state index is -0.898. The first-order valence-electron chi connectivity index (χ1n) is 5.96. The zero-order chi connectivity index (χ0) is 12.5. The summed E-state index contributed by atoms with van der Waals surface area (Å²) < 4.78 is 0. The molecule has 17 heavy (non-hydrogen) atoms. The quantitative estimate of drug-likeness (QED) is 0.900. The third-order valence-corrected chi connectivity index (χ3v) is 4.20. The van der Waals surface area contributed by atoms with Crippen LogP contribution in [0.15, 0.2) is 5.38 Å². The zero-order valence-corrected chi connectivity index (χ0v) is 11.1. The predicted octanol–water partition coefficient (Wildman–Crippen LogP) is 2.50. The molecule has 0 saturated carbocycles. The van der Waals surface area contributed by atoms with Crippen LogP contribution in [0, 0.1) is 0 Å². The molecule has 1 fully saturated rings. The predicted molar refractivity (Wildman–Crippen MR) is 68.8 cm³/mol. The van der Waals surface area contributed by atoms with Gasteiger partial charge in [-0.15, -0.1) is 11.3 Å². The largest absolute Gasteiger partial charge is 0.481 e. The number of anilines is 1. The molecule has 1 saturated heterocycles. The summed E-state index contributed by atoms with van der Waals surface area (Å²) in [5.74, 6) is -0.826. The van der Waals surface area contributed by atoms with Gasteiger partial charge in [0, 0.05) is 18.5 Å². The molecule has 2 rings (SSSR count). The summed E-state index contributed by atoms with van der Waals surface area (Å²) in [4.78, 5) is 17.9. The molecule has 0 amide bonds. The lowest BCUT2D eigenvalue weighted by Crippen LogP contribution is -2.31. The molecule has 0 spiro atoms. The van der Waals surface area contributed by atoms with Crippen LogP contribution in [0.3, 0.4) is 0 Å². The zero-order valence-electron chi connectivity index (χ0n) is 10.3. The number of thiazole rings is 1. The second kappa shape index (κ2) is 4.64. The second-order valence-electron chi connectivity index (χ2n) is 4.99. The summed E-state index contributed by atoms with van der Waals surface area (Å²) in [5, 5.41) is 12.0. The van der Waals surface area contributed by atoms with E-state index in [2.05, 4.69) is 9.88 Å². The van der Waals surface area contributed by atoms with Crippen molar-refractivity contribution < 1.29 is 9.90 Å². The van der Waals surface area contributed by atoms with Gasteiger partial charge in [-0.3, -0.25) is 4.79 Å². The molecule has 2 heterocycles. The third-order valence-electron chi connectivity index (χ3n) is 3.29. The number of rotatable bonds is 3. The second-order valence-corrected chi connectivity index (χ2v) is 5.83. The van der Waals surface area contributed by atoms with Crippen LogP contribution in [0.2, 0.25) is 0 Å². The van der Waals surface area contributed by atoms with Crippen LogP contribution in [-0.2, 0) is 10.2 Å². The minimum Gasteiger partial charge on any atom is -0.481 e. The summed E-state index contributed by atoms with van der Waals surface area (Å²) in [6, 6.07) is 0. The Morgan fingerprint density at radius 3 is 2.65 bits per heavy atom. The number of piperidine rings is 1. The fraction of sp³-hybridized carbons (Fsp3) is 0.667. The van der Waals surface area contributed by atoms with Gasteiger partial charge in [-0.1, -0.05) is 0 Å². The lowest BCUT2D eigenvalue weighted by Gasteiger charge is -2.26. The van der Waals surface area contributed by atoms with Gasteiger partial charge in [0.1, 0.15) is 5.41 Å². The van der Waals surface area contributed by atoms with E-state index in [-0.39, 0.29) is 0 Å². The van der Waals surface area contributed by atoms with Crippen molar-refractivity contribution in [1.29, 1.82) is 0 Å². The molecule has 1 aliphatic heterocycles. The lowest BCUT2D eigenvalue weighted by molar-refractivity contribution is -0.142. The van der Waals surface area contributed by atoms with Crippen molar-refractivity contribution in [1.82, 2.24) is 4.98 Å². The first-order chi connectivity index (χ1) is 8.01. The Hall–Kier alpha value is -1.10. The Balaban J connectivity index is 2.17. The van der Waals surface area contributed by atoms with Gasteiger partial charge < -0.3 is 10.0 Å². The molecule has 4 nitrogen and oxygen atoms in total. The highest BCUT2D eigenvalue weighted by Gasteiger charge is 2.32. The maximum atomic E-state index is 11.2. The monoisotopic (exact) mass is 254 g/mol. The highest BCUT2D eigenvalue weighted by atomic mass is 32.1. The Bertz CT molecular complexity index is 408. The van der Waals surface area contributed by atoms with Gasteiger partial charge >= 0.3 is 5.97 Å². The molecular formula is C12H18N2O2S. The molecule has 1 aromatic rings. The minimum absolute atomic E-state index is 0.663. The number of carboxylic acid groups (broad SMARTS) is 1. The van der Waals surface area contributed by atoms with Crippen LogP contribution in [0.1, 0.15) is 38.8 Å². The highest BCUT2D eigenvalue weighted by Crippen LogP contribution is 2.30. The maximum absolute atomic E-state index is 11.2. The van der Waals surface area contributed by atoms with E-state index in [9.17, 15) is 4.79 Å². The normalized spacial score (nSPS) is 17.2. The van der Waals surface area contributed by atoms with E-state index in [4.69, 9.17) is 5.11 Å². The summed E-state index contributed by atoms with van der Waals surface area (Å²) in [6.45, 7) is 5.48. The van der Waals surface area contributed by atoms with Crippen molar-refractivity contribution >= 4 is 22.4 Å².